The van der Waals surface area contributed by atoms with Gasteiger partial charge in [0.05, 0.1) is 12.7 Å². The van der Waals surface area contributed by atoms with Gasteiger partial charge in [0.2, 0.25) is 0 Å². The Hall–Kier alpha value is -2.34. The number of hydrogen-bond donors (Lipinski definition) is 1. The first-order valence-electron chi connectivity index (χ1n) is 7.31. The van der Waals surface area contributed by atoms with Crippen LogP contribution < -0.4 is 10.4 Å². The van der Waals surface area contributed by atoms with Gasteiger partial charge < -0.3 is 19.0 Å². The average molecular weight is 320 g/mol. The molecule has 6 heteroatoms. The van der Waals surface area contributed by atoms with Gasteiger partial charge in [-0.25, -0.2) is 4.79 Å². The molecule has 0 saturated heterocycles. The number of aliphatic hydroxyl groups is 1. The van der Waals surface area contributed by atoms with Gasteiger partial charge in [0.25, 0.3) is 0 Å². The van der Waals surface area contributed by atoms with Gasteiger partial charge in [-0.05, 0) is 24.1 Å². The van der Waals surface area contributed by atoms with Crippen LogP contribution in [-0.2, 0) is 9.53 Å². The van der Waals surface area contributed by atoms with E-state index in [1.54, 1.807) is 18.2 Å². The first-order chi connectivity index (χ1) is 10.8. The molecule has 0 radical (unpaired) electrons. The van der Waals surface area contributed by atoms with E-state index in [0.717, 1.165) is 0 Å². The van der Waals surface area contributed by atoms with Gasteiger partial charge in [-0.15, -0.1) is 0 Å². The van der Waals surface area contributed by atoms with Crippen LogP contribution in [-0.4, -0.2) is 24.3 Å². The number of ether oxygens (including phenoxy) is 2. The molecular formula is C17H20O6. The van der Waals surface area contributed by atoms with Gasteiger partial charge in [-0.1, -0.05) is 13.8 Å². The van der Waals surface area contributed by atoms with E-state index in [0.29, 0.717) is 16.7 Å². The van der Waals surface area contributed by atoms with Crippen molar-refractivity contribution in [3.63, 3.8) is 0 Å². The lowest BCUT2D eigenvalue weighted by molar-refractivity contribution is -0.156. The maximum absolute atomic E-state index is 11.6. The van der Waals surface area contributed by atoms with Gasteiger partial charge in [-0.2, -0.15) is 0 Å². The standard InChI is InChI=1S/C17H20O6/c1-9(2)16(22-10(3)18)15(20)14-12(21-4)7-5-11-6-8-13(19)23-17(11)14/h5-9,15-16,20H,1-4H3/t15-,16-/m1/s1. The molecule has 1 N–H and O–H groups in total. The smallest absolute Gasteiger partial charge is 0.336 e. The van der Waals surface area contributed by atoms with Crippen molar-refractivity contribution in [2.24, 2.45) is 5.92 Å². The predicted octanol–water partition coefficient (Wildman–Crippen LogP) is 2.42. The summed E-state index contributed by atoms with van der Waals surface area (Å²) in [4.78, 5) is 22.9. The molecule has 0 bridgehead atoms. The van der Waals surface area contributed by atoms with Crippen molar-refractivity contribution in [3.8, 4) is 5.75 Å². The second kappa shape index (κ2) is 6.83. The Morgan fingerprint density at radius 2 is 1.87 bits per heavy atom. The molecule has 2 rings (SSSR count). The third kappa shape index (κ3) is 3.53. The fraction of sp³-hybridized carbons (Fsp3) is 0.412. The van der Waals surface area contributed by atoms with Crippen LogP contribution in [0.3, 0.4) is 0 Å². The predicted molar refractivity (Wildman–Crippen MR) is 84.4 cm³/mol. The lowest BCUT2D eigenvalue weighted by Crippen LogP contribution is -2.30. The van der Waals surface area contributed by atoms with Crippen LogP contribution >= 0.6 is 0 Å². The van der Waals surface area contributed by atoms with Gasteiger partial charge in [0.1, 0.15) is 23.5 Å². The van der Waals surface area contributed by atoms with Crippen LogP contribution in [0.25, 0.3) is 11.0 Å². The van der Waals surface area contributed by atoms with E-state index in [-0.39, 0.29) is 11.5 Å². The minimum atomic E-state index is -1.19. The van der Waals surface area contributed by atoms with Gasteiger partial charge in [0, 0.05) is 18.4 Å². The fourth-order valence-electron chi connectivity index (χ4n) is 2.51. The highest BCUT2D eigenvalue weighted by atomic mass is 16.6. The molecule has 0 aliphatic heterocycles. The Morgan fingerprint density at radius 1 is 1.22 bits per heavy atom. The molecule has 1 aromatic heterocycles. The van der Waals surface area contributed by atoms with Crippen molar-refractivity contribution >= 4 is 16.9 Å². The van der Waals surface area contributed by atoms with Crippen LogP contribution in [0, 0.1) is 5.92 Å². The summed E-state index contributed by atoms with van der Waals surface area (Å²) >= 11 is 0. The summed E-state index contributed by atoms with van der Waals surface area (Å²) in [5, 5.41) is 11.4. The minimum absolute atomic E-state index is 0.149. The summed E-state index contributed by atoms with van der Waals surface area (Å²) in [5.74, 6) is -0.287. The summed E-state index contributed by atoms with van der Waals surface area (Å²) in [5.41, 5.74) is -0.0161. The van der Waals surface area contributed by atoms with Crippen molar-refractivity contribution < 1.29 is 23.8 Å². The zero-order valence-corrected chi connectivity index (χ0v) is 13.5. The van der Waals surface area contributed by atoms with E-state index >= 15 is 0 Å². The molecular weight excluding hydrogens is 300 g/mol. The molecule has 0 aliphatic rings. The molecule has 2 atom stereocenters. The molecule has 0 unspecified atom stereocenters. The SMILES string of the molecule is COc1ccc2ccc(=O)oc2c1[C@@H](O)[C@H](OC(C)=O)C(C)C. The quantitative estimate of drug-likeness (QED) is 0.672. The number of benzene rings is 1. The van der Waals surface area contributed by atoms with Crippen molar-refractivity contribution in [2.75, 3.05) is 7.11 Å². The maximum Gasteiger partial charge on any atom is 0.336 e. The van der Waals surface area contributed by atoms with E-state index in [4.69, 9.17) is 13.9 Å². The lowest BCUT2D eigenvalue weighted by Gasteiger charge is -2.27. The third-order valence-corrected chi connectivity index (χ3v) is 3.57. The van der Waals surface area contributed by atoms with Crippen molar-refractivity contribution in [3.05, 3.63) is 40.2 Å². The van der Waals surface area contributed by atoms with Crippen LogP contribution in [0.4, 0.5) is 0 Å². The highest BCUT2D eigenvalue weighted by Gasteiger charge is 2.31. The van der Waals surface area contributed by atoms with E-state index in [1.807, 2.05) is 13.8 Å². The molecule has 1 aromatic carbocycles. The normalized spacial score (nSPS) is 13.8. The Bertz CT molecular complexity index is 761. The van der Waals surface area contributed by atoms with Crippen LogP contribution in [0.1, 0.15) is 32.4 Å². The molecule has 0 fully saturated rings. The summed E-state index contributed by atoms with van der Waals surface area (Å²) in [6, 6.07) is 6.31. The summed E-state index contributed by atoms with van der Waals surface area (Å²) in [7, 11) is 1.45. The largest absolute Gasteiger partial charge is 0.496 e. The zero-order chi connectivity index (χ0) is 17.1. The van der Waals surface area contributed by atoms with E-state index in [2.05, 4.69) is 0 Å². The average Bonchev–Trinajstić information content (AvgIpc) is 2.50. The fourth-order valence-corrected chi connectivity index (χ4v) is 2.51. The molecule has 0 spiro atoms. The molecule has 0 aliphatic carbocycles. The second-order valence-electron chi connectivity index (χ2n) is 5.62. The summed E-state index contributed by atoms with van der Waals surface area (Å²) in [6.45, 7) is 4.93. The number of rotatable bonds is 5. The number of hydrogen-bond acceptors (Lipinski definition) is 6. The van der Waals surface area contributed by atoms with E-state index < -0.39 is 23.8 Å². The number of fused-ring (bicyclic) bond motifs is 1. The molecule has 2 aromatic rings. The lowest BCUT2D eigenvalue weighted by atomic mass is 9.94. The van der Waals surface area contributed by atoms with E-state index in [9.17, 15) is 14.7 Å². The number of aliphatic hydroxyl groups excluding tert-OH is 1. The number of methoxy groups -OCH3 is 1. The second-order valence-corrected chi connectivity index (χ2v) is 5.62. The Morgan fingerprint density at radius 3 is 2.43 bits per heavy atom. The topological polar surface area (TPSA) is 86.0 Å². The molecule has 0 amide bonds. The number of esters is 1. The number of carbonyl (C=O) groups is 1. The van der Waals surface area contributed by atoms with Gasteiger partial charge in [-0.3, -0.25) is 4.79 Å². The third-order valence-electron chi connectivity index (χ3n) is 3.57. The zero-order valence-electron chi connectivity index (χ0n) is 13.5. The number of carbonyl (C=O) groups excluding carboxylic acids is 1. The maximum atomic E-state index is 11.6. The Kier molecular flexibility index (Phi) is 5.05. The van der Waals surface area contributed by atoms with Gasteiger partial charge >= 0.3 is 11.6 Å². The summed E-state index contributed by atoms with van der Waals surface area (Å²) in [6.07, 6.45) is -1.99. The Balaban J connectivity index is 2.65. The summed E-state index contributed by atoms with van der Waals surface area (Å²) < 4.78 is 15.8. The van der Waals surface area contributed by atoms with Crippen molar-refractivity contribution in [1.82, 2.24) is 0 Å². The Labute approximate surface area is 133 Å². The van der Waals surface area contributed by atoms with Crippen molar-refractivity contribution in [1.29, 1.82) is 0 Å². The van der Waals surface area contributed by atoms with Crippen LogP contribution in [0.2, 0.25) is 0 Å². The molecule has 23 heavy (non-hydrogen) atoms. The minimum Gasteiger partial charge on any atom is -0.496 e. The molecule has 0 saturated carbocycles. The monoisotopic (exact) mass is 320 g/mol. The highest BCUT2D eigenvalue weighted by molar-refractivity contribution is 5.82. The first kappa shape index (κ1) is 17.0. The highest BCUT2D eigenvalue weighted by Crippen LogP contribution is 2.36. The van der Waals surface area contributed by atoms with Crippen LogP contribution in [0.5, 0.6) is 5.75 Å². The molecule has 6 nitrogen and oxygen atoms in total. The molecule has 124 valence electrons. The van der Waals surface area contributed by atoms with Gasteiger partial charge in [0.15, 0.2) is 0 Å². The first-order valence-corrected chi connectivity index (χ1v) is 7.31. The van der Waals surface area contributed by atoms with E-state index in [1.165, 1.54) is 20.1 Å². The van der Waals surface area contributed by atoms with Crippen LogP contribution in [0.15, 0.2) is 33.5 Å². The molecule has 1 heterocycles. The van der Waals surface area contributed by atoms with Crippen molar-refractivity contribution in [2.45, 2.75) is 33.0 Å².